The Morgan fingerprint density at radius 1 is 0.970 bits per heavy atom. The van der Waals surface area contributed by atoms with Gasteiger partial charge in [-0.05, 0) is 62.4 Å². The molecule has 33 heavy (non-hydrogen) atoms. The van der Waals surface area contributed by atoms with Gasteiger partial charge in [0.15, 0.2) is 5.76 Å². The Kier molecular flexibility index (Phi) is 6.26. The minimum absolute atomic E-state index is 0.178. The molecular formula is C25H24N4O4. The van der Waals surface area contributed by atoms with Crippen molar-refractivity contribution < 1.29 is 18.7 Å². The lowest BCUT2D eigenvalue weighted by atomic mass is 10.2. The summed E-state index contributed by atoms with van der Waals surface area (Å²) < 4.78 is 12.9. The molecule has 0 spiro atoms. The van der Waals surface area contributed by atoms with Gasteiger partial charge in [0.25, 0.3) is 11.8 Å². The number of rotatable bonds is 7. The zero-order chi connectivity index (χ0) is 23.4. The normalized spacial score (nSPS) is 10.6. The molecular weight excluding hydrogens is 420 g/mol. The average molecular weight is 444 g/mol. The number of hydrogen-bond donors (Lipinski definition) is 2. The summed E-state index contributed by atoms with van der Waals surface area (Å²) >= 11 is 0. The van der Waals surface area contributed by atoms with Crippen LogP contribution in [-0.2, 0) is 6.54 Å². The van der Waals surface area contributed by atoms with E-state index in [1.165, 1.54) is 7.11 Å². The molecule has 0 aliphatic heterocycles. The summed E-state index contributed by atoms with van der Waals surface area (Å²) in [4.78, 5) is 25.3. The molecule has 0 saturated heterocycles. The number of methoxy groups -OCH3 is 1. The van der Waals surface area contributed by atoms with Crippen LogP contribution in [0.4, 0.5) is 11.4 Å². The molecule has 8 nitrogen and oxygen atoms in total. The van der Waals surface area contributed by atoms with Gasteiger partial charge >= 0.3 is 0 Å². The molecule has 2 aromatic heterocycles. The molecule has 2 aromatic carbocycles. The van der Waals surface area contributed by atoms with E-state index >= 15 is 0 Å². The van der Waals surface area contributed by atoms with Gasteiger partial charge in [0.1, 0.15) is 11.5 Å². The Hall–Kier alpha value is -4.33. The monoisotopic (exact) mass is 444 g/mol. The Labute approximate surface area is 191 Å². The molecule has 0 saturated carbocycles. The number of nitrogens with zero attached hydrogens (tertiary/aromatic N) is 2. The molecule has 0 aliphatic carbocycles. The third kappa shape index (κ3) is 5.12. The summed E-state index contributed by atoms with van der Waals surface area (Å²) in [5.74, 6) is 0.592. The van der Waals surface area contributed by atoms with Crippen LogP contribution >= 0.6 is 0 Å². The smallest absolute Gasteiger partial charge is 0.291 e. The van der Waals surface area contributed by atoms with Crippen molar-refractivity contribution in [2.24, 2.45) is 0 Å². The minimum Gasteiger partial charge on any atom is -0.495 e. The number of ether oxygens (including phenoxy) is 1. The van der Waals surface area contributed by atoms with Crippen LogP contribution in [0.25, 0.3) is 0 Å². The summed E-state index contributed by atoms with van der Waals surface area (Å²) in [6.45, 7) is 4.33. The third-order valence-corrected chi connectivity index (χ3v) is 5.04. The van der Waals surface area contributed by atoms with Crippen LogP contribution in [0, 0.1) is 13.8 Å². The number of amides is 2. The fraction of sp³-hybridized carbons (Fsp3) is 0.160. The second-order valence-electron chi connectivity index (χ2n) is 7.54. The first kappa shape index (κ1) is 21.9. The number of hydrogen-bond acceptors (Lipinski definition) is 5. The van der Waals surface area contributed by atoms with E-state index in [-0.39, 0.29) is 11.7 Å². The van der Waals surface area contributed by atoms with Crippen molar-refractivity contribution in [2.45, 2.75) is 20.4 Å². The van der Waals surface area contributed by atoms with Crippen LogP contribution in [0.2, 0.25) is 0 Å². The molecule has 168 valence electrons. The van der Waals surface area contributed by atoms with Crippen molar-refractivity contribution in [3.63, 3.8) is 0 Å². The maximum atomic E-state index is 12.7. The molecule has 4 aromatic rings. The fourth-order valence-electron chi connectivity index (χ4n) is 3.43. The van der Waals surface area contributed by atoms with E-state index in [1.54, 1.807) is 54.6 Å². The number of anilines is 2. The molecule has 0 bridgehead atoms. The maximum absolute atomic E-state index is 12.7. The molecule has 0 unspecified atom stereocenters. The second-order valence-corrected chi connectivity index (χ2v) is 7.54. The predicted molar refractivity (Wildman–Crippen MR) is 125 cm³/mol. The molecule has 4 rings (SSSR count). The number of aryl methyl sites for hydroxylation is 2. The first-order chi connectivity index (χ1) is 15.9. The highest BCUT2D eigenvalue weighted by Gasteiger charge is 2.15. The SMILES string of the molecule is COc1ccc(NC(=O)c2ccc(Cn3nc(C)cc3C)o2)cc1NC(=O)c1ccccc1. The van der Waals surface area contributed by atoms with Crippen molar-refractivity contribution in [3.05, 3.63) is 95.2 Å². The van der Waals surface area contributed by atoms with E-state index < -0.39 is 5.91 Å². The van der Waals surface area contributed by atoms with E-state index in [1.807, 2.05) is 30.7 Å². The molecule has 2 amide bonds. The zero-order valence-electron chi connectivity index (χ0n) is 18.6. The van der Waals surface area contributed by atoms with Gasteiger partial charge < -0.3 is 19.8 Å². The minimum atomic E-state index is -0.403. The maximum Gasteiger partial charge on any atom is 0.291 e. The summed E-state index contributed by atoms with van der Waals surface area (Å²) in [6.07, 6.45) is 0. The Morgan fingerprint density at radius 2 is 1.76 bits per heavy atom. The van der Waals surface area contributed by atoms with Crippen LogP contribution in [0.3, 0.4) is 0 Å². The number of nitrogens with one attached hydrogen (secondary N) is 2. The van der Waals surface area contributed by atoms with Gasteiger partial charge in [-0.2, -0.15) is 5.10 Å². The standard InChI is InChI=1S/C25H24N4O4/c1-16-13-17(2)29(28-16)15-20-10-12-23(33-20)25(31)26-19-9-11-22(32-3)21(14-19)27-24(30)18-7-5-4-6-8-18/h4-14H,15H2,1-3H3,(H,26,31)(H,27,30). The topological polar surface area (TPSA) is 98.4 Å². The highest BCUT2D eigenvalue weighted by molar-refractivity contribution is 6.06. The van der Waals surface area contributed by atoms with E-state index in [4.69, 9.17) is 9.15 Å². The van der Waals surface area contributed by atoms with Gasteiger partial charge in [0.05, 0.1) is 25.0 Å². The quantitative estimate of drug-likeness (QED) is 0.432. The molecule has 8 heteroatoms. The lowest BCUT2D eigenvalue weighted by molar-refractivity contribution is 0.0993. The number of carbonyl (C=O) groups is 2. The lowest BCUT2D eigenvalue weighted by Crippen LogP contribution is -2.14. The highest BCUT2D eigenvalue weighted by Crippen LogP contribution is 2.28. The number of aromatic nitrogens is 2. The molecule has 2 N–H and O–H groups in total. The first-order valence-electron chi connectivity index (χ1n) is 10.4. The van der Waals surface area contributed by atoms with Crippen molar-refractivity contribution in [2.75, 3.05) is 17.7 Å². The Bertz CT molecular complexity index is 1290. The first-order valence-corrected chi connectivity index (χ1v) is 10.4. The predicted octanol–water partition coefficient (Wildman–Crippen LogP) is 4.65. The number of furan rings is 1. The van der Waals surface area contributed by atoms with Gasteiger partial charge in [-0.15, -0.1) is 0 Å². The average Bonchev–Trinajstić information content (AvgIpc) is 3.40. The Balaban J connectivity index is 1.47. The summed E-state index contributed by atoms with van der Waals surface area (Å²) in [6, 6.07) is 19.2. The molecule has 0 fully saturated rings. The lowest BCUT2D eigenvalue weighted by Gasteiger charge is -2.12. The van der Waals surface area contributed by atoms with E-state index in [9.17, 15) is 9.59 Å². The van der Waals surface area contributed by atoms with Crippen LogP contribution in [0.5, 0.6) is 5.75 Å². The fourth-order valence-corrected chi connectivity index (χ4v) is 3.43. The van der Waals surface area contributed by atoms with Gasteiger partial charge in [-0.1, -0.05) is 18.2 Å². The van der Waals surface area contributed by atoms with Crippen molar-refractivity contribution >= 4 is 23.2 Å². The van der Waals surface area contributed by atoms with Gasteiger partial charge in [0.2, 0.25) is 0 Å². The van der Waals surface area contributed by atoms with Gasteiger partial charge in [-0.3, -0.25) is 14.3 Å². The number of carbonyl (C=O) groups excluding carboxylic acids is 2. The van der Waals surface area contributed by atoms with Gasteiger partial charge in [-0.25, -0.2) is 0 Å². The molecule has 2 heterocycles. The largest absolute Gasteiger partial charge is 0.495 e. The van der Waals surface area contributed by atoms with Crippen LogP contribution in [-0.4, -0.2) is 28.7 Å². The van der Waals surface area contributed by atoms with Crippen LogP contribution in [0.1, 0.15) is 38.1 Å². The van der Waals surface area contributed by atoms with Crippen LogP contribution < -0.4 is 15.4 Å². The molecule has 0 radical (unpaired) electrons. The summed E-state index contributed by atoms with van der Waals surface area (Å²) in [5.41, 5.74) is 3.37. The van der Waals surface area contributed by atoms with E-state index in [2.05, 4.69) is 15.7 Å². The van der Waals surface area contributed by atoms with Gasteiger partial charge in [0, 0.05) is 16.9 Å². The highest BCUT2D eigenvalue weighted by atomic mass is 16.5. The van der Waals surface area contributed by atoms with Crippen molar-refractivity contribution in [1.82, 2.24) is 9.78 Å². The zero-order valence-corrected chi connectivity index (χ0v) is 18.6. The van der Waals surface area contributed by atoms with Crippen molar-refractivity contribution in [1.29, 1.82) is 0 Å². The molecule has 0 atom stereocenters. The molecule has 0 aliphatic rings. The summed E-state index contributed by atoms with van der Waals surface area (Å²) in [7, 11) is 1.51. The van der Waals surface area contributed by atoms with Crippen LogP contribution in [0.15, 0.2) is 71.1 Å². The van der Waals surface area contributed by atoms with E-state index in [0.717, 1.165) is 11.4 Å². The number of benzene rings is 2. The third-order valence-electron chi connectivity index (χ3n) is 5.04. The summed E-state index contributed by atoms with van der Waals surface area (Å²) in [5, 5.41) is 10.0. The Morgan fingerprint density at radius 3 is 2.45 bits per heavy atom. The second kappa shape index (κ2) is 9.44. The van der Waals surface area contributed by atoms with E-state index in [0.29, 0.717) is 35.0 Å². The van der Waals surface area contributed by atoms with Crippen molar-refractivity contribution in [3.8, 4) is 5.75 Å².